The van der Waals surface area contributed by atoms with Crippen molar-refractivity contribution in [2.45, 2.75) is 6.42 Å². The molecule has 1 aliphatic heterocycles. The molecule has 1 aliphatic rings. The van der Waals surface area contributed by atoms with Crippen LogP contribution in [0.2, 0.25) is 0 Å². The zero-order chi connectivity index (χ0) is 13.2. The van der Waals surface area contributed by atoms with Gasteiger partial charge >= 0.3 is 0 Å². The zero-order valence-electron chi connectivity index (χ0n) is 11.2. The number of anilines is 2. The molecule has 2 nitrogen and oxygen atoms in total. The Morgan fingerprint density at radius 1 is 1.05 bits per heavy atom. The number of fused-ring (bicyclic) bond motifs is 1. The predicted molar refractivity (Wildman–Crippen MR) is 81.5 cm³/mol. The molecular formula is C17H18N2. The zero-order valence-corrected chi connectivity index (χ0v) is 11.2. The van der Waals surface area contributed by atoms with Crippen LogP contribution in [0.3, 0.4) is 0 Å². The fraction of sp³-hybridized carbons (Fsp3) is 0.176. The highest BCUT2D eigenvalue weighted by atomic mass is 15.3. The van der Waals surface area contributed by atoms with Gasteiger partial charge in [0.25, 0.3) is 0 Å². The maximum atomic E-state index is 4.26. The number of rotatable bonds is 3. The Morgan fingerprint density at radius 2 is 1.74 bits per heavy atom. The lowest BCUT2D eigenvalue weighted by molar-refractivity contribution is 0.900. The first kappa shape index (κ1) is 11.8. The van der Waals surface area contributed by atoms with E-state index in [0.29, 0.717) is 0 Å². The largest absolute Gasteiger partial charge is 0.331 e. The van der Waals surface area contributed by atoms with Crippen molar-refractivity contribution in [1.82, 2.24) is 0 Å². The molecule has 0 saturated carbocycles. The highest BCUT2D eigenvalue weighted by molar-refractivity contribution is 5.65. The third kappa shape index (κ3) is 2.10. The summed E-state index contributed by atoms with van der Waals surface area (Å²) in [7, 11) is 2.07. The van der Waals surface area contributed by atoms with Gasteiger partial charge in [-0.1, -0.05) is 43.0 Å². The Morgan fingerprint density at radius 3 is 2.53 bits per heavy atom. The van der Waals surface area contributed by atoms with Crippen LogP contribution >= 0.6 is 0 Å². The van der Waals surface area contributed by atoms with Crippen molar-refractivity contribution in [3.63, 3.8) is 0 Å². The Hall–Kier alpha value is -2.22. The summed E-state index contributed by atoms with van der Waals surface area (Å²) in [6, 6.07) is 18.9. The van der Waals surface area contributed by atoms with E-state index in [9.17, 15) is 0 Å². The van der Waals surface area contributed by atoms with Gasteiger partial charge in [-0.15, -0.1) is 0 Å². The van der Waals surface area contributed by atoms with Crippen molar-refractivity contribution in [1.29, 1.82) is 0 Å². The van der Waals surface area contributed by atoms with Gasteiger partial charge in [0.1, 0.15) is 5.82 Å². The molecule has 96 valence electrons. The van der Waals surface area contributed by atoms with E-state index in [1.54, 1.807) is 0 Å². The second-order valence-electron chi connectivity index (χ2n) is 4.84. The second-order valence-corrected chi connectivity index (χ2v) is 4.84. The van der Waals surface area contributed by atoms with Crippen LogP contribution in [0.5, 0.6) is 0 Å². The van der Waals surface area contributed by atoms with E-state index in [0.717, 1.165) is 24.5 Å². The molecule has 0 spiro atoms. The molecule has 19 heavy (non-hydrogen) atoms. The normalized spacial score (nSPS) is 13.2. The molecule has 0 fully saturated rings. The van der Waals surface area contributed by atoms with Gasteiger partial charge in [-0.25, -0.2) is 0 Å². The molecule has 0 bridgehead atoms. The number of nitrogens with zero attached hydrogens (tertiary/aromatic N) is 2. The van der Waals surface area contributed by atoms with E-state index < -0.39 is 0 Å². The fourth-order valence-corrected chi connectivity index (χ4v) is 2.59. The van der Waals surface area contributed by atoms with Crippen molar-refractivity contribution in [2.75, 3.05) is 23.4 Å². The summed E-state index contributed by atoms with van der Waals surface area (Å²) in [4.78, 5) is 4.43. The highest BCUT2D eigenvalue weighted by Gasteiger charge is 2.22. The molecule has 2 aromatic carbocycles. The summed E-state index contributed by atoms with van der Waals surface area (Å²) in [6.45, 7) is 5.27. The fourth-order valence-electron chi connectivity index (χ4n) is 2.59. The van der Waals surface area contributed by atoms with Gasteiger partial charge in [0.2, 0.25) is 0 Å². The van der Waals surface area contributed by atoms with Gasteiger partial charge in [0, 0.05) is 25.0 Å². The smallest absolute Gasteiger partial charge is 0.105 e. The average Bonchev–Trinajstić information content (AvgIpc) is 2.90. The molecule has 1 heterocycles. The van der Waals surface area contributed by atoms with Crippen LogP contribution < -0.4 is 9.80 Å². The first-order valence-corrected chi connectivity index (χ1v) is 6.60. The van der Waals surface area contributed by atoms with Crippen molar-refractivity contribution < 1.29 is 0 Å². The molecule has 0 saturated heterocycles. The lowest BCUT2D eigenvalue weighted by Gasteiger charge is -2.30. The van der Waals surface area contributed by atoms with E-state index in [1.807, 2.05) is 6.07 Å². The Bertz CT molecular complexity index is 589. The number of para-hydroxylation sites is 2. The molecule has 0 aromatic heterocycles. The Balaban J connectivity index is 1.86. The lowest BCUT2D eigenvalue weighted by Crippen LogP contribution is -2.31. The first-order valence-electron chi connectivity index (χ1n) is 6.60. The third-order valence-electron chi connectivity index (χ3n) is 3.73. The monoisotopic (exact) mass is 250 g/mol. The predicted octanol–water partition coefficient (Wildman–Crippen LogP) is 3.66. The summed E-state index contributed by atoms with van der Waals surface area (Å²) in [6.07, 6.45) is 1.10. The van der Waals surface area contributed by atoms with Crippen LogP contribution in [-0.4, -0.2) is 13.6 Å². The first-order chi connectivity index (χ1) is 9.27. The van der Waals surface area contributed by atoms with Gasteiger partial charge in [-0.3, -0.25) is 0 Å². The van der Waals surface area contributed by atoms with E-state index in [4.69, 9.17) is 0 Å². The van der Waals surface area contributed by atoms with Gasteiger partial charge in [-0.05, 0) is 30.2 Å². The number of hydrogen-bond donors (Lipinski definition) is 0. The van der Waals surface area contributed by atoms with Gasteiger partial charge in [0.05, 0.1) is 0 Å². The summed E-state index contributed by atoms with van der Waals surface area (Å²) < 4.78 is 0. The summed E-state index contributed by atoms with van der Waals surface area (Å²) in [5.74, 6) is 1.02. The minimum absolute atomic E-state index is 1.01. The molecular weight excluding hydrogens is 232 g/mol. The van der Waals surface area contributed by atoms with Crippen molar-refractivity contribution in [3.8, 4) is 0 Å². The minimum Gasteiger partial charge on any atom is -0.331 e. The second kappa shape index (κ2) is 4.81. The van der Waals surface area contributed by atoms with Gasteiger partial charge < -0.3 is 9.80 Å². The summed E-state index contributed by atoms with van der Waals surface area (Å²) >= 11 is 0. The van der Waals surface area contributed by atoms with E-state index in [1.165, 1.54) is 11.3 Å². The van der Waals surface area contributed by atoms with Crippen LogP contribution in [0, 0.1) is 0 Å². The van der Waals surface area contributed by atoms with Crippen LogP contribution in [-0.2, 0) is 6.42 Å². The van der Waals surface area contributed by atoms with E-state index >= 15 is 0 Å². The topological polar surface area (TPSA) is 6.48 Å². The highest BCUT2D eigenvalue weighted by Crippen LogP contribution is 2.32. The maximum absolute atomic E-state index is 4.26. The SMILES string of the molecule is C=C(N(C)c1ccccc1)N1CCc2ccccc21. The molecule has 3 rings (SSSR count). The van der Waals surface area contributed by atoms with E-state index in [2.05, 4.69) is 72.0 Å². The molecule has 0 radical (unpaired) electrons. The summed E-state index contributed by atoms with van der Waals surface area (Å²) in [5.41, 5.74) is 3.86. The molecule has 0 unspecified atom stereocenters. The van der Waals surface area contributed by atoms with Gasteiger partial charge in [0.15, 0.2) is 0 Å². The van der Waals surface area contributed by atoms with Crippen molar-refractivity contribution in [2.24, 2.45) is 0 Å². The quantitative estimate of drug-likeness (QED) is 0.820. The standard InChI is InChI=1S/C17H18N2/c1-14(18(2)16-9-4-3-5-10-16)19-13-12-15-8-6-7-11-17(15)19/h3-11H,1,12-13H2,2H3. The lowest BCUT2D eigenvalue weighted by atomic mass is 10.2. The molecule has 0 amide bonds. The van der Waals surface area contributed by atoms with Crippen molar-refractivity contribution in [3.05, 3.63) is 72.6 Å². The molecule has 2 heteroatoms. The summed E-state index contributed by atoms with van der Waals surface area (Å²) in [5, 5.41) is 0. The Labute approximate surface area is 114 Å². The molecule has 0 atom stereocenters. The number of hydrogen-bond acceptors (Lipinski definition) is 2. The van der Waals surface area contributed by atoms with Gasteiger partial charge in [-0.2, -0.15) is 0 Å². The molecule has 0 N–H and O–H groups in total. The maximum Gasteiger partial charge on any atom is 0.105 e. The average molecular weight is 250 g/mol. The van der Waals surface area contributed by atoms with Crippen molar-refractivity contribution >= 4 is 11.4 Å². The van der Waals surface area contributed by atoms with Crippen LogP contribution in [0.25, 0.3) is 0 Å². The van der Waals surface area contributed by atoms with E-state index in [-0.39, 0.29) is 0 Å². The molecule has 2 aromatic rings. The number of benzene rings is 2. The van der Waals surface area contributed by atoms with Crippen LogP contribution in [0.4, 0.5) is 11.4 Å². The van der Waals surface area contributed by atoms with Crippen LogP contribution in [0.1, 0.15) is 5.56 Å². The van der Waals surface area contributed by atoms with Crippen LogP contribution in [0.15, 0.2) is 67.0 Å². The third-order valence-corrected chi connectivity index (χ3v) is 3.73. The molecule has 0 aliphatic carbocycles. The Kier molecular flexibility index (Phi) is 3.00. The minimum atomic E-state index is 1.01.